The van der Waals surface area contributed by atoms with Gasteiger partial charge in [0.25, 0.3) is 0 Å². The molecule has 21 heavy (non-hydrogen) atoms. The highest BCUT2D eigenvalue weighted by Crippen LogP contribution is 2.25. The van der Waals surface area contributed by atoms with E-state index in [4.69, 9.17) is 9.47 Å². The van der Waals surface area contributed by atoms with Crippen molar-refractivity contribution in [3.63, 3.8) is 0 Å². The van der Waals surface area contributed by atoms with E-state index in [1.165, 1.54) is 0 Å². The lowest BCUT2D eigenvalue weighted by atomic mass is 10.1. The Kier molecular flexibility index (Phi) is 5.38. The van der Waals surface area contributed by atoms with Crippen LogP contribution in [-0.4, -0.2) is 20.0 Å². The van der Waals surface area contributed by atoms with E-state index in [0.29, 0.717) is 17.1 Å². The molecule has 0 aliphatic heterocycles. The van der Waals surface area contributed by atoms with Crippen LogP contribution in [0.25, 0.3) is 6.08 Å². The second kappa shape index (κ2) is 7.26. The molecule has 0 saturated carbocycles. The number of hydrogen-bond acceptors (Lipinski definition) is 3. The van der Waals surface area contributed by atoms with E-state index in [1.807, 2.05) is 36.4 Å². The first-order chi connectivity index (χ1) is 10.1. The van der Waals surface area contributed by atoms with E-state index >= 15 is 0 Å². The Labute approximate surface area is 137 Å². The maximum Gasteiger partial charge on any atom is 0.185 e. The molecule has 0 radical (unpaired) electrons. The maximum absolute atomic E-state index is 12.1. The number of ketones is 1. The first-order valence-electron chi connectivity index (χ1n) is 6.34. The minimum atomic E-state index is -0.0377. The summed E-state index contributed by atoms with van der Waals surface area (Å²) >= 11 is 2.21. The summed E-state index contributed by atoms with van der Waals surface area (Å²) in [6.45, 7) is 0. The van der Waals surface area contributed by atoms with Crippen LogP contribution in [-0.2, 0) is 0 Å². The monoisotopic (exact) mass is 394 g/mol. The summed E-state index contributed by atoms with van der Waals surface area (Å²) in [4.78, 5) is 12.1. The van der Waals surface area contributed by atoms with Gasteiger partial charge < -0.3 is 9.47 Å². The molecule has 0 amide bonds. The van der Waals surface area contributed by atoms with Gasteiger partial charge in [0.2, 0.25) is 0 Å². The molecule has 0 atom stereocenters. The molecular formula is C17H15IO3. The molecule has 0 N–H and O–H groups in total. The number of ether oxygens (including phenoxy) is 2. The zero-order chi connectivity index (χ0) is 15.2. The Morgan fingerprint density at radius 3 is 2.38 bits per heavy atom. The molecule has 4 heteroatoms. The summed E-state index contributed by atoms with van der Waals surface area (Å²) < 4.78 is 11.5. The molecule has 3 nitrogen and oxygen atoms in total. The van der Waals surface area contributed by atoms with Crippen molar-refractivity contribution < 1.29 is 14.3 Å². The van der Waals surface area contributed by atoms with Crippen molar-refractivity contribution in [2.24, 2.45) is 0 Å². The second-order valence-corrected chi connectivity index (χ2v) is 5.56. The van der Waals surface area contributed by atoms with Gasteiger partial charge in [-0.05, 0) is 59.0 Å². The van der Waals surface area contributed by atoms with Gasteiger partial charge in [-0.2, -0.15) is 0 Å². The smallest absolute Gasteiger partial charge is 0.185 e. The van der Waals surface area contributed by atoms with Crippen LogP contribution < -0.4 is 9.47 Å². The van der Waals surface area contributed by atoms with Gasteiger partial charge in [0, 0.05) is 20.8 Å². The second-order valence-electron chi connectivity index (χ2n) is 4.31. The van der Waals surface area contributed by atoms with E-state index < -0.39 is 0 Å². The number of carbonyl (C=O) groups is 1. The van der Waals surface area contributed by atoms with Crippen LogP contribution in [0.3, 0.4) is 0 Å². The largest absolute Gasteiger partial charge is 0.497 e. The number of carbonyl (C=O) groups excluding carboxylic acids is 1. The zero-order valence-corrected chi connectivity index (χ0v) is 14.0. The third kappa shape index (κ3) is 4.07. The van der Waals surface area contributed by atoms with Crippen LogP contribution in [0.15, 0.2) is 48.5 Å². The average Bonchev–Trinajstić information content (AvgIpc) is 2.53. The maximum atomic E-state index is 12.1. The highest BCUT2D eigenvalue weighted by Gasteiger charge is 2.04. The van der Waals surface area contributed by atoms with Gasteiger partial charge in [-0.25, -0.2) is 0 Å². The first-order valence-corrected chi connectivity index (χ1v) is 7.42. The third-order valence-corrected chi connectivity index (χ3v) is 3.70. The molecule has 2 aromatic rings. The number of halogens is 1. The molecule has 0 saturated heterocycles. The number of rotatable bonds is 5. The lowest BCUT2D eigenvalue weighted by Gasteiger charge is -2.07. The van der Waals surface area contributed by atoms with Crippen molar-refractivity contribution in [2.45, 2.75) is 0 Å². The quantitative estimate of drug-likeness (QED) is 0.433. The molecular weight excluding hydrogens is 379 g/mol. The summed E-state index contributed by atoms with van der Waals surface area (Å²) in [6.07, 6.45) is 3.30. The molecule has 0 spiro atoms. The summed E-state index contributed by atoms with van der Waals surface area (Å²) in [7, 11) is 3.19. The van der Waals surface area contributed by atoms with Gasteiger partial charge in [-0.3, -0.25) is 4.79 Å². The molecule has 0 heterocycles. The molecule has 108 valence electrons. The van der Waals surface area contributed by atoms with Gasteiger partial charge in [-0.15, -0.1) is 0 Å². The fraction of sp³-hybridized carbons (Fsp3) is 0.118. The summed E-state index contributed by atoms with van der Waals surface area (Å²) in [6, 6.07) is 12.9. The van der Waals surface area contributed by atoms with Crippen LogP contribution in [0.5, 0.6) is 11.5 Å². The fourth-order valence-corrected chi connectivity index (χ4v) is 2.19. The summed E-state index contributed by atoms with van der Waals surface area (Å²) in [5, 5.41) is 0. The molecule has 0 aliphatic carbocycles. The Morgan fingerprint density at radius 1 is 1.05 bits per heavy atom. The standard InChI is InChI=1S/C17H15IO3/c1-20-15-9-5-13(17(11-15)21-2)6-10-16(19)12-3-7-14(18)8-4-12/h3-11H,1-2H3/b10-6+. The van der Waals surface area contributed by atoms with Gasteiger partial charge in [0.15, 0.2) is 5.78 Å². The van der Waals surface area contributed by atoms with Crippen LogP contribution in [0.4, 0.5) is 0 Å². The predicted octanol–water partition coefficient (Wildman–Crippen LogP) is 4.20. The minimum Gasteiger partial charge on any atom is -0.497 e. The van der Waals surface area contributed by atoms with Crippen LogP contribution >= 0.6 is 22.6 Å². The fourth-order valence-electron chi connectivity index (χ4n) is 1.83. The Morgan fingerprint density at radius 2 is 1.76 bits per heavy atom. The normalized spacial score (nSPS) is 10.6. The van der Waals surface area contributed by atoms with Crippen LogP contribution in [0.2, 0.25) is 0 Å². The Balaban J connectivity index is 2.20. The van der Waals surface area contributed by atoms with Crippen molar-refractivity contribution in [3.8, 4) is 11.5 Å². The van der Waals surface area contributed by atoms with E-state index in [-0.39, 0.29) is 5.78 Å². The van der Waals surface area contributed by atoms with Gasteiger partial charge in [0.1, 0.15) is 11.5 Å². The molecule has 2 aromatic carbocycles. The highest BCUT2D eigenvalue weighted by atomic mass is 127. The molecule has 0 fully saturated rings. The summed E-state index contributed by atoms with van der Waals surface area (Å²) in [5.41, 5.74) is 1.50. The van der Waals surface area contributed by atoms with E-state index in [9.17, 15) is 4.79 Å². The van der Waals surface area contributed by atoms with E-state index in [0.717, 1.165) is 9.13 Å². The van der Waals surface area contributed by atoms with E-state index in [1.54, 1.807) is 32.4 Å². The minimum absolute atomic E-state index is 0.0377. The Bertz CT molecular complexity index is 660. The zero-order valence-electron chi connectivity index (χ0n) is 11.8. The van der Waals surface area contributed by atoms with Crippen molar-refractivity contribution >= 4 is 34.5 Å². The van der Waals surface area contributed by atoms with Gasteiger partial charge in [0.05, 0.1) is 14.2 Å². The number of hydrogen-bond donors (Lipinski definition) is 0. The van der Waals surface area contributed by atoms with Crippen molar-refractivity contribution in [3.05, 3.63) is 63.2 Å². The predicted molar refractivity (Wildman–Crippen MR) is 92.1 cm³/mol. The third-order valence-electron chi connectivity index (χ3n) is 2.98. The number of benzene rings is 2. The Hall–Kier alpha value is -1.82. The van der Waals surface area contributed by atoms with Gasteiger partial charge >= 0.3 is 0 Å². The van der Waals surface area contributed by atoms with Gasteiger partial charge in [-0.1, -0.05) is 12.1 Å². The molecule has 0 bridgehead atoms. The SMILES string of the molecule is COc1ccc(/C=C/C(=O)c2ccc(I)cc2)c(OC)c1. The molecule has 2 rings (SSSR count). The van der Waals surface area contributed by atoms with Crippen LogP contribution in [0.1, 0.15) is 15.9 Å². The lowest BCUT2D eigenvalue weighted by molar-refractivity contribution is 0.104. The summed E-state index contributed by atoms with van der Waals surface area (Å²) in [5.74, 6) is 1.35. The number of allylic oxidation sites excluding steroid dienone is 1. The lowest BCUT2D eigenvalue weighted by Crippen LogP contribution is -1.94. The number of methoxy groups -OCH3 is 2. The molecule has 0 aromatic heterocycles. The van der Waals surface area contributed by atoms with E-state index in [2.05, 4.69) is 22.6 Å². The molecule has 0 aliphatic rings. The van der Waals surface area contributed by atoms with Crippen molar-refractivity contribution in [1.29, 1.82) is 0 Å². The van der Waals surface area contributed by atoms with Crippen molar-refractivity contribution in [1.82, 2.24) is 0 Å². The topological polar surface area (TPSA) is 35.5 Å². The highest BCUT2D eigenvalue weighted by molar-refractivity contribution is 14.1. The average molecular weight is 394 g/mol. The molecule has 0 unspecified atom stereocenters. The first kappa shape index (κ1) is 15.6. The van der Waals surface area contributed by atoms with Crippen molar-refractivity contribution in [2.75, 3.05) is 14.2 Å². The van der Waals surface area contributed by atoms with Crippen LogP contribution in [0, 0.1) is 3.57 Å².